The molecule has 1 N–H and O–H groups in total. The van der Waals surface area contributed by atoms with Gasteiger partial charge in [-0.2, -0.15) is 0 Å². The first-order valence-electron chi connectivity index (χ1n) is 7.09. The summed E-state index contributed by atoms with van der Waals surface area (Å²) in [6, 6.07) is 20.8. The van der Waals surface area contributed by atoms with E-state index in [1.807, 2.05) is 18.2 Å². The molecule has 3 nitrogen and oxygen atoms in total. The molecule has 2 aromatic carbocycles. The molecule has 1 fully saturated rings. The number of hydrogen-bond acceptors (Lipinski definition) is 3. The Hall–Kier alpha value is -1.84. The standard InChI is InChI=1S/C17H20N2O/c1-3-7-15(8-4-1)13-19-11-12-20-17(14-19)18-16-9-5-2-6-10-16/h1-10,17-18H,11-14H2. The van der Waals surface area contributed by atoms with Crippen molar-refractivity contribution >= 4 is 5.69 Å². The van der Waals surface area contributed by atoms with Crippen LogP contribution in [-0.4, -0.2) is 30.8 Å². The Bertz CT molecular complexity index is 468. The van der Waals surface area contributed by atoms with Crippen molar-refractivity contribution in [2.75, 3.05) is 25.0 Å². The third kappa shape index (κ3) is 3.59. The molecule has 0 saturated carbocycles. The van der Waals surface area contributed by atoms with E-state index in [0.29, 0.717) is 0 Å². The molecule has 20 heavy (non-hydrogen) atoms. The summed E-state index contributed by atoms with van der Waals surface area (Å²) in [4.78, 5) is 2.43. The average molecular weight is 268 g/mol. The molecular formula is C17H20N2O. The van der Waals surface area contributed by atoms with E-state index < -0.39 is 0 Å². The molecule has 1 unspecified atom stereocenters. The topological polar surface area (TPSA) is 24.5 Å². The molecule has 1 aliphatic heterocycles. The van der Waals surface area contributed by atoms with Gasteiger partial charge in [0, 0.05) is 25.3 Å². The van der Waals surface area contributed by atoms with E-state index in [1.54, 1.807) is 0 Å². The molecule has 3 heteroatoms. The van der Waals surface area contributed by atoms with Crippen LogP contribution in [-0.2, 0) is 11.3 Å². The highest BCUT2D eigenvalue weighted by molar-refractivity contribution is 5.43. The lowest BCUT2D eigenvalue weighted by Crippen LogP contribution is -2.45. The zero-order chi connectivity index (χ0) is 13.6. The molecule has 2 aromatic rings. The van der Waals surface area contributed by atoms with Crippen LogP contribution >= 0.6 is 0 Å². The van der Waals surface area contributed by atoms with Crippen LogP contribution in [0.2, 0.25) is 0 Å². The molecule has 1 saturated heterocycles. The third-order valence-corrected chi connectivity index (χ3v) is 3.50. The van der Waals surface area contributed by atoms with E-state index in [2.05, 4.69) is 52.7 Å². The number of nitrogens with one attached hydrogen (secondary N) is 1. The second kappa shape index (κ2) is 6.55. The highest BCUT2D eigenvalue weighted by atomic mass is 16.5. The van der Waals surface area contributed by atoms with Crippen LogP contribution in [0.25, 0.3) is 0 Å². The Morgan fingerprint density at radius 1 is 1.00 bits per heavy atom. The zero-order valence-corrected chi connectivity index (χ0v) is 11.5. The monoisotopic (exact) mass is 268 g/mol. The van der Waals surface area contributed by atoms with Crippen LogP contribution in [0.4, 0.5) is 5.69 Å². The lowest BCUT2D eigenvalue weighted by Gasteiger charge is -2.33. The first-order valence-corrected chi connectivity index (χ1v) is 7.09. The number of rotatable bonds is 4. The number of hydrogen-bond donors (Lipinski definition) is 1. The van der Waals surface area contributed by atoms with Gasteiger partial charge in [0.25, 0.3) is 0 Å². The van der Waals surface area contributed by atoms with Crippen molar-refractivity contribution in [1.29, 1.82) is 0 Å². The van der Waals surface area contributed by atoms with Gasteiger partial charge in [0.05, 0.1) is 6.61 Å². The van der Waals surface area contributed by atoms with Crippen LogP contribution in [0, 0.1) is 0 Å². The van der Waals surface area contributed by atoms with Crippen molar-refractivity contribution in [2.45, 2.75) is 12.8 Å². The summed E-state index contributed by atoms with van der Waals surface area (Å²) in [5.41, 5.74) is 2.46. The molecule has 1 heterocycles. The fourth-order valence-electron chi connectivity index (χ4n) is 2.50. The van der Waals surface area contributed by atoms with Crippen molar-refractivity contribution < 1.29 is 4.74 Å². The molecule has 0 amide bonds. The van der Waals surface area contributed by atoms with Gasteiger partial charge in [0.1, 0.15) is 6.23 Å². The van der Waals surface area contributed by atoms with Gasteiger partial charge in [0.15, 0.2) is 0 Å². The summed E-state index contributed by atoms with van der Waals surface area (Å²) in [6.45, 7) is 3.65. The zero-order valence-electron chi connectivity index (χ0n) is 11.5. The van der Waals surface area contributed by atoms with Crippen molar-refractivity contribution in [3.63, 3.8) is 0 Å². The average Bonchev–Trinajstić information content (AvgIpc) is 2.50. The number of morpholine rings is 1. The molecule has 0 aliphatic carbocycles. The summed E-state index contributed by atoms with van der Waals surface area (Å²) < 4.78 is 5.80. The number of ether oxygens (including phenoxy) is 1. The van der Waals surface area contributed by atoms with E-state index in [-0.39, 0.29) is 6.23 Å². The summed E-state index contributed by atoms with van der Waals surface area (Å²) in [7, 11) is 0. The molecule has 0 radical (unpaired) electrons. The van der Waals surface area contributed by atoms with E-state index in [0.717, 1.165) is 31.9 Å². The van der Waals surface area contributed by atoms with Crippen molar-refractivity contribution in [3.8, 4) is 0 Å². The van der Waals surface area contributed by atoms with Crippen molar-refractivity contribution in [3.05, 3.63) is 66.2 Å². The lowest BCUT2D eigenvalue weighted by molar-refractivity contribution is -0.0163. The number of para-hydroxylation sites is 1. The van der Waals surface area contributed by atoms with Crippen molar-refractivity contribution in [1.82, 2.24) is 4.90 Å². The summed E-state index contributed by atoms with van der Waals surface area (Å²) in [5.74, 6) is 0. The number of nitrogens with zero attached hydrogens (tertiary/aromatic N) is 1. The van der Waals surface area contributed by atoms with Crippen LogP contribution < -0.4 is 5.32 Å². The Balaban J connectivity index is 1.57. The summed E-state index contributed by atoms with van der Waals surface area (Å²) >= 11 is 0. The van der Waals surface area contributed by atoms with Crippen LogP contribution in [0.5, 0.6) is 0 Å². The first kappa shape index (κ1) is 13.2. The Morgan fingerprint density at radius 3 is 2.45 bits per heavy atom. The highest BCUT2D eigenvalue weighted by Crippen LogP contribution is 2.13. The molecule has 0 spiro atoms. The van der Waals surface area contributed by atoms with Gasteiger partial charge in [-0.25, -0.2) is 0 Å². The van der Waals surface area contributed by atoms with Gasteiger partial charge in [-0.05, 0) is 17.7 Å². The lowest BCUT2D eigenvalue weighted by atomic mass is 10.2. The smallest absolute Gasteiger partial charge is 0.140 e. The van der Waals surface area contributed by atoms with Crippen LogP contribution in [0.15, 0.2) is 60.7 Å². The van der Waals surface area contributed by atoms with E-state index in [4.69, 9.17) is 4.74 Å². The summed E-state index contributed by atoms with van der Waals surface area (Å²) in [5, 5.41) is 3.43. The second-order valence-electron chi connectivity index (χ2n) is 5.09. The second-order valence-corrected chi connectivity index (χ2v) is 5.09. The Morgan fingerprint density at radius 2 is 1.70 bits per heavy atom. The molecule has 0 aromatic heterocycles. The van der Waals surface area contributed by atoms with Crippen LogP contribution in [0.1, 0.15) is 5.56 Å². The molecule has 1 atom stereocenters. The highest BCUT2D eigenvalue weighted by Gasteiger charge is 2.20. The maximum absolute atomic E-state index is 5.80. The fourth-order valence-corrected chi connectivity index (χ4v) is 2.50. The van der Waals surface area contributed by atoms with Crippen molar-refractivity contribution in [2.24, 2.45) is 0 Å². The number of benzene rings is 2. The number of anilines is 1. The third-order valence-electron chi connectivity index (χ3n) is 3.50. The molecule has 1 aliphatic rings. The minimum atomic E-state index is 0.0647. The molecule has 3 rings (SSSR count). The van der Waals surface area contributed by atoms with E-state index in [9.17, 15) is 0 Å². The Kier molecular flexibility index (Phi) is 4.31. The van der Waals surface area contributed by atoms with Gasteiger partial charge in [-0.15, -0.1) is 0 Å². The molecule has 0 bridgehead atoms. The minimum Gasteiger partial charge on any atom is -0.359 e. The maximum Gasteiger partial charge on any atom is 0.140 e. The van der Waals surface area contributed by atoms with Gasteiger partial charge >= 0.3 is 0 Å². The maximum atomic E-state index is 5.80. The van der Waals surface area contributed by atoms with Gasteiger partial charge < -0.3 is 10.1 Å². The van der Waals surface area contributed by atoms with E-state index >= 15 is 0 Å². The van der Waals surface area contributed by atoms with Gasteiger partial charge in [0.2, 0.25) is 0 Å². The first-order chi connectivity index (χ1) is 9.90. The fraction of sp³-hybridized carbons (Fsp3) is 0.294. The van der Waals surface area contributed by atoms with E-state index in [1.165, 1.54) is 5.56 Å². The quantitative estimate of drug-likeness (QED) is 0.922. The summed E-state index contributed by atoms with van der Waals surface area (Å²) in [6.07, 6.45) is 0.0647. The SMILES string of the molecule is c1ccc(CN2CCOC(Nc3ccccc3)C2)cc1. The van der Waals surface area contributed by atoms with Crippen LogP contribution in [0.3, 0.4) is 0 Å². The predicted molar refractivity (Wildman–Crippen MR) is 81.5 cm³/mol. The van der Waals surface area contributed by atoms with Gasteiger partial charge in [-0.3, -0.25) is 4.90 Å². The normalized spacial score (nSPS) is 19.7. The van der Waals surface area contributed by atoms with Gasteiger partial charge in [-0.1, -0.05) is 48.5 Å². The molecule has 104 valence electrons. The predicted octanol–water partition coefficient (Wildman–Crippen LogP) is 2.96. The molecular weight excluding hydrogens is 248 g/mol. The largest absolute Gasteiger partial charge is 0.359 e. The Labute approximate surface area is 120 Å². The minimum absolute atomic E-state index is 0.0647.